The minimum atomic E-state index is -0.350. The molecule has 1 aliphatic rings. The van der Waals surface area contributed by atoms with Crippen molar-refractivity contribution in [1.29, 1.82) is 0 Å². The lowest BCUT2D eigenvalue weighted by molar-refractivity contribution is -0.117. The topological polar surface area (TPSA) is 47.4 Å². The molecule has 2 heterocycles. The Bertz CT molecular complexity index is 1380. The molecule has 0 saturated carbocycles. The van der Waals surface area contributed by atoms with Crippen LogP contribution in [0.4, 0.5) is 10.1 Å². The smallest absolute Gasteiger partial charge is 0.227 e. The number of rotatable bonds is 7. The Hall–Kier alpha value is -3.38. The van der Waals surface area contributed by atoms with E-state index in [-0.39, 0.29) is 17.6 Å². The van der Waals surface area contributed by atoms with Gasteiger partial charge in [0.25, 0.3) is 0 Å². The predicted octanol–water partition coefficient (Wildman–Crippen LogP) is 6.44. The van der Waals surface area contributed by atoms with Gasteiger partial charge in [-0.25, -0.2) is 9.37 Å². The van der Waals surface area contributed by atoms with Crippen LogP contribution in [0.25, 0.3) is 11.0 Å². The molecule has 4 aromatic rings. The molecule has 3 aromatic carbocycles. The summed E-state index contributed by atoms with van der Waals surface area (Å²) >= 11 is 6.27. The molecule has 1 fully saturated rings. The summed E-state index contributed by atoms with van der Waals surface area (Å²) in [5.41, 5.74) is 4.53. The number of aryl methyl sites for hydroxylation is 3. The highest BCUT2D eigenvalue weighted by Crippen LogP contribution is 2.33. The lowest BCUT2D eigenvalue weighted by atomic mass is 10.1. The first-order valence-electron chi connectivity index (χ1n) is 11.8. The van der Waals surface area contributed by atoms with Crippen molar-refractivity contribution >= 4 is 34.2 Å². The van der Waals surface area contributed by atoms with Gasteiger partial charge in [0.05, 0.1) is 17.6 Å². The number of benzene rings is 3. The fourth-order valence-electron chi connectivity index (χ4n) is 4.82. The molecule has 5 rings (SSSR count). The number of carbonyl (C=O) groups is 1. The van der Waals surface area contributed by atoms with E-state index in [0.29, 0.717) is 31.8 Å². The van der Waals surface area contributed by atoms with Gasteiger partial charge in [0, 0.05) is 36.1 Å². The van der Waals surface area contributed by atoms with Crippen molar-refractivity contribution in [2.24, 2.45) is 0 Å². The second kappa shape index (κ2) is 9.70. The number of aromatic nitrogens is 2. The second-order valence-corrected chi connectivity index (χ2v) is 9.45. The summed E-state index contributed by atoms with van der Waals surface area (Å²) in [5.74, 6) is 1.26. The van der Waals surface area contributed by atoms with Crippen LogP contribution in [-0.2, 0) is 11.3 Å². The minimum Gasteiger partial charge on any atom is -0.494 e. The van der Waals surface area contributed by atoms with Gasteiger partial charge in [-0.15, -0.1) is 0 Å². The Kier molecular flexibility index (Phi) is 6.48. The number of anilines is 1. The van der Waals surface area contributed by atoms with E-state index in [4.69, 9.17) is 21.3 Å². The quantitative estimate of drug-likeness (QED) is 0.280. The summed E-state index contributed by atoms with van der Waals surface area (Å²) in [6, 6.07) is 18.1. The van der Waals surface area contributed by atoms with Crippen LogP contribution in [-0.4, -0.2) is 28.6 Å². The van der Waals surface area contributed by atoms with Crippen LogP contribution in [0.2, 0.25) is 5.02 Å². The number of halogens is 2. The van der Waals surface area contributed by atoms with Gasteiger partial charge < -0.3 is 14.2 Å². The van der Waals surface area contributed by atoms with E-state index < -0.39 is 0 Å². The molecule has 1 atom stereocenters. The number of hydrogen-bond donors (Lipinski definition) is 0. The number of hydrogen-bond acceptors (Lipinski definition) is 3. The number of fused-ring (bicyclic) bond motifs is 1. The minimum absolute atomic E-state index is 0.0176. The highest BCUT2D eigenvalue weighted by Gasteiger charge is 2.34. The Labute approximate surface area is 209 Å². The van der Waals surface area contributed by atoms with Gasteiger partial charge in [-0.3, -0.25) is 4.79 Å². The summed E-state index contributed by atoms with van der Waals surface area (Å²) in [6.45, 7) is 5.69. The van der Waals surface area contributed by atoms with Crippen LogP contribution in [0.15, 0.2) is 60.7 Å². The number of para-hydroxylation sites is 2. The van der Waals surface area contributed by atoms with Gasteiger partial charge in [-0.2, -0.15) is 0 Å². The highest BCUT2D eigenvalue weighted by atomic mass is 35.5. The molecule has 0 aliphatic carbocycles. The zero-order chi connectivity index (χ0) is 24.5. The van der Waals surface area contributed by atoms with E-state index in [1.54, 1.807) is 17.0 Å². The number of amides is 1. The van der Waals surface area contributed by atoms with Crippen molar-refractivity contribution in [3.63, 3.8) is 0 Å². The normalized spacial score (nSPS) is 15.8. The maximum absolute atomic E-state index is 13.8. The van der Waals surface area contributed by atoms with Gasteiger partial charge >= 0.3 is 0 Å². The molecule has 0 bridgehead atoms. The molecule has 0 N–H and O–H groups in total. The third-order valence-corrected chi connectivity index (χ3v) is 7.10. The fraction of sp³-hybridized carbons (Fsp3) is 0.286. The van der Waals surface area contributed by atoms with E-state index in [2.05, 4.69) is 10.6 Å². The summed E-state index contributed by atoms with van der Waals surface area (Å²) < 4.78 is 22.0. The van der Waals surface area contributed by atoms with Crippen molar-refractivity contribution in [2.45, 2.75) is 39.2 Å². The van der Waals surface area contributed by atoms with E-state index in [1.807, 2.05) is 44.2 Å². The molecule has 1 aromatic heterocycles. The summed E-state index contributed by atoms with van der Waals surface area (Å²) in [4.78, 5) is 19.4. The summed E-state index contributed by atoms with van der Waals surface area (Å²) in [7, 11) is 0. The third-order valence-electron chi connectivity index (χ3n) is 6.50. The average Bonchev–Trinajstić information content (AvgIpc) is 3.40. The van der Waals surface area contributed by atoms with Gasteiger partial charge in [-0.05, 0) is 73.9 Å². The number of imidazole rings is 1. The zero-order valence-electron chi connectivity index (χ0n) is 19.8. The van der Waals surface area contributed by atoms with E-state index >= 15 is 0 Å². The first-order valence-corrected chi connectivity index (χ1v) is 12.2. The highest BCUT2D eigenvalue weighted by molar-refractivity contribution is 6.32. The molecule has 35 heavy (non-hydrogen) atoms. The average molecular weight is 492 g/mol. The summed E-state index contributed by atoms with van der Waals surface area (Å²) in [6.07, 6.45) is 1.13. The van der Waals surface area contributed by atoms with Crippen LogP contribution in [0, 0.1) is 19.7 Å². The van der Waals surface area contributed by atoms with Crippen molar-refractivity contribution in [1.82, 2.24) is 9.55 Å². The standard InChI is InChI=1S/C28H27ClFN3O2/c1-18-13-23(14-19(2)27(18)29)35-12-6-11-32-25-10-4-3-9-24(25)31-28(32)20-15-26(34)33(17-20)22-8-5-7-21(30)16-22/h3-5,7-10,13-14,16,20H,6,11-12,15,17H2,1-2H3. The van der Waals surface area contributed by atoms with Crippen molar-refractivity contribution in [2.75, 3.05) is 18.1 Å². The number of ether oxygens (including phenoxy) is 1. The van der Waals surface area contributed by atoms with E-state index in [9.17, 15) is 9.18 Å². The molecule has 0 radical (unpaired) electrons. The largest absolute Gasteiger partial charge is 0.494 e. The molecular formula is C28H27ClFN3O2. The second-order valence-electron chi connectivity index (χ2n) is 9.07. The maximum Gasteiger partial charge on any atom is 0.227 e. The van der Waals surface area contributed by atoms with Crippen molar-refractivity contribution < 1.29 is 13.9 Å². The molecule has 0 spiro atoms. The Balaban J connectivity index is 1.34. The Morgan fingerprint density at radius 2 is 1.86 bits per heavy atom. The molecule has 1 saturated heterocycles. The Morgan fingerprint density at radius 1 is 1.09 bits per heavy atom. The lowest BCUT2D eigenvalue weighted by Crippen LogP contribution is -2.24. The monoisotopic (exact) mass is 491 g/mol. The van der Waals surface area contributed by atoms with Crippen molar-refractivity contribution in [3.8, 4) is 5.75 Å². The predicted molar refractivity (Wildman–Crippen MR) is 137 cm³/mol. The molecule has 1 amide bonds. The van der Waals surface area contributed by atoms with Crippen LogP contribution in [0.1, 0.15) is 35.7 Å². The molecule has 5 nitrogen and oxygen atoms in total. The van der Waals surface area contributed by atoms with Gasteiger partial charge in [0.2, 0.25) is 5.91 Å². The molecule has 1 unspecified atom stereocenters. The maximum atomic E-state index is 13.8. The molecular weight excluding hydrogens is 465 g/mol. The van der Waals surface area contributed by atoms with Crippen LogP contribution in [0.5, 0.6) is 5.75 Å². The first-order chi connectivity index (χ1) is 16.9. The van der Waals surface area contributed by atoms with Gasteiger partial charge in [0.1, 0.15) is 17.4 Å². The van der Waals surface area contributed by atoms with Crippen LogP contribution >= 0.6 is 11.6 Å². The summed E-state index contributed by atoms with van der Waals surface area (Å²) in [5, 5.41) is 0.769. The van der Waals surface area contributed by atoms with Crippen molar-refractivity contribution in [3.05, 3.63) is 88.5 Å². The van der Waals surface area contributed by atoms with Crippen LogP contribution < -0.4 is 9.64 Å². The van der Waals surface area contributed by atoms with Crippen LogP contribution in [0.3, 0.4) is 0 Å². The number of carbonyl (C=O) groups excluding carboxylic acids is 1. The molecule has 1 aliphatic heterocycles. The fourth-order valence-corrected chi connectivity index (χ4v) is 4.93. The van der Waals surface area contributed by atoms with Gasteiger partial charge in [-0.1, -0.05) is 29.8 Å². The van der Waals surface area contributed by atoms with E-state index in [1.165, 1.54) is 12.1 Å². The zero-order valence-corrected chi connectivity index (χ0v) is 20.6. The SMILES string of the molecule is Cc1cc(OCCCn2c(C3CC(=O)N(c4cccc(F)c4)C3)nc3ccccc32)cc(C)c1Cl. The Morgan fingerprint density at radius 3 is 2.63 bits per heavy atom. The van der Waals surface area contributed by atoms with E-state index in [0.717, 1.165) is 45.2 Å². The van der Waals surface area contributed by atoms with Gasteiger partial charge in [0.15, 0.2) is 0 Å². The molecule has 180 valence electrons. The third kappa shape index (κ3) is 4.76. The molecule has 7 heteroatoms. The first kappa shape index (κ1) is 23.4. The lowest BCUT2D eigenvalue weighted by Gasteiger charge is -2.17. The number of nitrogens with zero attached hydrogens (tertiary/aromatic N) is 3.